The summed E-state index contributed by atoms with van der Waals surface area (Å²) in [5.41, 5.74) is 8.59. The molecule has 1 unspecified atom stereocenters. The van der Waals surface area contributed by atoms with Crippen molar-refractivity contribution in [3.63, 3.8) is 0 Å². The van der Waals surface area contributed by atoms with E-state index < -0.39 is 0 Å². The molecule has 0 saturated heterocycles. The molecule has 1 atom stereocenters. The number of carbonyl (C=O) groups excluding carboxylic acids is 1. The molecule has 126 valence electrons. The monoisotopic (exact) mass is 367 g/mol. The van der Waals surface area contributed by atoms with Crippen LogP contribution in [0.3, 0.4) is 0 Å². The molecule has 4 heteroatoms. The number of halogens is 1. The fourth-order valence-electron chi connectivity index (χ4n) is 2.56. The Morgan fingerprint density at radius 3 is 2.24 bits per heavy atom. The Morgan fingerprint density at radius 2 is 1.56 bits per heavy atom. The molecule has 0 aliphatic rings. The third-order valence-corrected chi connectivity index (χ3v) is 5.50. The molecule has 3 rings (SSSR count). The largest absolute Gasteiger partial charge is 0.398 e. The number of carbonyl (C=O) groups is 1. The number of benzene rings is 3. The maximum atomic E-state index is 12.7. The fraction of sp³-hybridized carbons (Fsp3) is 0.0952. The van der Waals surface area contributed by atoms with Crippen molar-refractivity contribution in [2.45, 2.75) is 16.6 Å². The average Bonchev–Trinajstić information content (AvgIpc) is 2.64. The molecular weight excluding hydrogens is 350 g/mol. The summed E-state index contributed by atoms with van der Waals surface area (Å²) in [5.74, 6) is 0.113. The molecule has 0 saturated carbocycles. The fourth-order valence-corrected chi connectivity index (χ4v) is 3.88. The van der Waals surface area contributed by atoms with Gasteiger partial charge < -0.3 is 5.73 Å². The summed E-state index contributed by atoms with van der Waals surface area (Å²) >= 11 is 7.62. The van der Waals surface area contributed by atoms with Crippen molar-refractivity contribution < 1.29 is 4.79 Å². The lowest BCUT2D eigenvalue weighted by Crippen LogP contribution is -2.06. The van der Waals surface area contributed by atoms with E-state index >= 15 is 0 Å². The Morgan fingerprint density at radius 1 is 0.920 bits per heavy atom. The first kappa shape index (κ1) is 17.6. The molecule has 2 nitrogen and oxygen atoms in total. The van der Waals surface area contributed by atoms with Gasteiger partial charge in [0.1, 0.15) is 0 Å². The molecule has 3 aromatic rings. The number of hydrogen-bond donors (Lipinski definition) is 1. The highest BCUT2D eigenvalue weighted by Gasteiger charge is 2.19. The Bertz CT molecular complexity index is 849. The Balaban J connectivity index is 1.87. The zero-order chi connectivity index (χ0) is 17.6. The highest BCUT2D eigenvalue weighted by atomic mass is 35.5. The van der Waals surface area contributed by atoms with Crippen LogP contribution in [0.2, 0.25) is 5.02 Å². The average molecular weight is 368 g/mol. The predicted octanol–water partition coefficient (Wildman–Crippen LogP) is 6.03. The molecule has 0 radical (unpaired) electrons. The zero-order valence-electron chi connectivity index (χ0n) is 13.6. The SMILES string of the molecule is Nc1ccccc1SC(CC(=O)c1ccccc1)c1ccc(Cl)cc1. The predicted molar refractivity (Wildman–Crippen MR) is 106 cm³/mol. The quantitative estimate of drug-likeness (QED) is 0.328. The lowest BCUT2D eigenvalue weighted by molar-refractivity contribution is 0.0982. The Kier molecular flexibility index (Phi) is 5.79. The first-order valence-electron chi connectivity index (χ1n) is 7.98. The van der Waals surface area contributed by atoms with E-state index in [9.17, 15) is 4.79 Å². The van der Waals surface area contributed by atoms with Crippen molar-refractivity contribution in [1.82, 2.24) is 0 Å². The third kappa shape index (κ3) is 4.65. The van der Waals surface area contributed by atoms with Crippen LogP contribution < -0.4 is 5.73 Å². The second-order valence-electron chi connectivity index (χ2n) is 5.69. The van der Waals surface area contributed by atoms with Gasteiger partial charge in [-0.1, -0.05) is 66.2 Å². The number of para-hydroxylation sites is 1. The lowest BCUT2D eigenvalue weighted by atomic mass is 10.0. The van der Waals surface area contributed by atoms with E-state index in [1.165, 1.54) is 0 Å². The van der Waals surface area contributed by atoms with Gasteiger partial charge in [0.25, 0.3) is 0 Å². The van der Waals surface area contributed by atoms with E-state index in [0.29, 0.717) is 11.4 Å². The number of rotatable bonds is 6. The van der Waals surface area contributed by atoms with Gasteiger partial charge in [-0.05, 0) is 29.8 Å². The van der Waals surface area contributed by atoms with Crippen molar-refractivity contribution in [3.8, 4) is 0 Å². The number of nitrogen functional groups attached to an aromatic ring is 1. The van der Waals surface area contributed by atoms with E-state index in [4.69, 9.17) is 17.3 Å². The normalized spacial score (nSPS) is 11.9. The van der Waals surface area contributed by atoms with Crippen LogP contribution in [0, 0.1) is 0 Å². The van der Waals surface area contributed by atoms with Crippen LogP contribution in [-0.2, 0) is 0 Å². The highest BCUT2D eigenvalue weighted by molar-refractivity contribution is 7.99. The molecule has 0 amide bonds. The third-order valence-electron chi connectivity index (χ3n) is 3.90. The Hall–Kier alpha value is -2.23. The van der Waals surface area contributed by atoms with Crippen LogP contribution in [0.1, 0.15) is 27.6 Å². The summed E-state index contributed by atoms with van der Waals surface area (Å²) < 4.78 is 0. The molecule has 0 fully saturated rings. The van der Waals surface area contributed by atoms with Crippen molar-refractivity contribution >= 4 is 34.8 Å². The molecule has 0 aliphatic heterocycles. The molecule has 0 aliphatic carbocycles. The van der Waals surface area contributed by atoms with E-state index in [1.807, 2.05) is 78.9 Å². The summed E-state index contributed by atoms with van der Waals surface area (Å²) in [6, 6.07) is 24.7. The van der Waals surface area contributed by atoms with Gasteiger partial charge in [0.2, 0.25) is 0 Å². The molecule has 2 N–H and O–H groups in total. The maximum absolute atomic E-state index is 12.7. The number of anilines is 1. The number of thioether (sulfide) groups is 1. The van der Waals surface area contributed by atoms with Gasteiger partial charge in [-0.25, -0.2) is 0 Å². The topological polar surface area (TPSA) is 43.1 Å². The first-order valence-corrected chi connectivity index (χ1v) is 9.24. The summed E-state index contributed by atoms with van der Waals surface area (Å²) in [4.78, 5) is 13.7. The van der Waals surface area contributed by atoms with E-state index in [-0.39, 0.29) is 11.0 Å². The molecule has 0 heterocycles. The van der Waals surface area contributed by atoms with Crippen LogP contribution in [0.25, 0.3) is 0 Å². The van der Waals surface area contributed by atoms with Crippen molar-refractivity contribution in [1.29, 1.82) is 0 Å². The van der Waals surface area contributed by atoms with Crippen LogP contribution in [0.5, 0.6) is 0 Å². The first-order chi connectivity index (χ1) is 12.1. The molecule has 3 aromatic carbocycles. The van der Waals surface area contributed by atoms with Gasteiger partial charge in [-0.2, -0.15) is 0 Å². The van der Waals surface area contributed by atoms with E-state index in [2.05, 4.69) is 0 Å². The van der Waals surface area contributed by atoms with Gasteiger partial charge in [-0.15, -0.1) is 11.8 Å². The van der Waals surface area contributed by atoms with Crippen LogP contribution in [0.4, 0.5) is 5.69 Å². The summed E-state index contributed by atoms with van der Waals surface area (Å²) in [6.45, 7) is 0. The van der Waals surface area contributed by atoms with Gasteiger partial charge in [0, 0.05) is 32.8 Å². The highest BCUT2D eigenvalue weighted by Crippen LogP contribution is 2.41. The smallest absolute Gasteiger partial charge is 0.164 e. The summed E-state index contributed by atoms with van der Waals surface area (Å²) in [6.07, 6.45) is 0.393. The minimum Gasteiger partial charge on any atom is -0.398 e. The summed E-state index contributed by atoms with van der Waals surface area (Å²) in [7, 11) is 0. The number of nitrogens with two attached hydrogens (primary N) is 1. The van der Waals surface area contributed by atoms with E-state index in [0.717, 1.165) is 21.7 Å². The molecule has 25 heavy (non-hydrogen) atoms. The van der Waals surface area contributed by atoms with Crippen LogP contribution in [0.15, 0.2) is 83.8 Å². The number of hydrogen-bond acceptors (Lipinski definition) is 3. The molecular formula is C21H18ClNOS. The number of ketones is 1. The minimum absolute atomic E-state index is 0.0327. The van der Waals surface area contributed by atoms with E-state index in [1.54, 1.807) is 11.8 Å². The zero-order valence-corrected chi connectivity index (χ0v) is 15.1. The van der Waals surface area contributed by atoms with Crippen molar-refractivity contribution in [2.24, 2.45) is 0 Å². The standard InChI is InChI=1S/C21H18ClNOS/c22-17-12-10-16(11-13-17)21(25-20-9-5-4-8-18(20)23)14-19(24)15-6-2-1-3-7-15/h1-13,21H,14,23H2. The van der Waals surface area contributed by atoms with Gasteiger partial charge >= 0.3 is 0 Å². The van der Waals surface area contributed by atoms with Gasteiger partial charge in [0.15, 0.2) is 5.78 Å². The number of Topliss-reactive ketones (excluding diaryl/α,β-unsaturated/α-hetero) is 1. The second kappa shape index (κ2) is 8.24. The van der Waals surface area contributed by atoms with Gasteiger partial charge in [0.05, 0.1) is 0 Å². The molecule has 0 spiro atoms. The minimum atomic E-state index is -0.0327. The Labute approximate surface area is 157 Å². The molecule has 0 bridgehead atoms. The van der Waals surface area contributed by atoms with Crippen LogP contribution >= 0.6 is 23.4 Å². The van der Waals surface area contributed by atoms with Crippen molar-refractivity contribution in [3.05, 3.63) is 95.0 Å². The second-order valence-corrected chi connectivity index (χ2v) is 7.37. The maximum Gasteiger partial charge on any atom is 0.164 e. The summed E-state index contributed by atoms with van der Waals surface area (Å²) in [5, 5.41) is 0.649. The van der Waals surface area contributed by atoms with Gasteiger partial charge in [-0.3, -0.25) is 4.79 Å². The lowest BCUT2D eigenvalue weighted by Gasteiger charge is -2.18. The van der Waals surface area contributed by atoms with Crippen LogP contribution in [-0.4, -0.2) is 5.78 Å². The molecule has 0 aromatic heterocycles. The van der Waals surface area contributed by atoms with Crippen molar-refractivity contribution in [2.75, 3.05) is 5.73 Å².